The molecule has 1 aliphatic heterocycles. The normalized spacial score (nSPS) is 16.6. The lowest BCUT2D eigenvalue weighted by molar-refractivity contribution is -0.128. The Morgan fingerprint density at radius 2 is 1.60 bits per heavy atom. The fourth-order valence-corrected chi connectivity index (χ4v) is 3.67. The lowest BCUT2D eigenvalue weighted by atomic mass is 10.1. The first-order chi connectivity index (χ1) is 14.3. The van der Waals surface area contributed by atoms with Crippen LogP contribution in [-0.2, 0) is 11.3 Å². The van der Waals surface area contributed by atoms with Crippen LogP contribution in [-0.4, -0.2) is 55.7 Å². The number of carbonyl (C=O) groups is 2. The lowest BCUT2D eigenvalue weighted by Gasteiger charge is -2.24. The van der Waals surface area contributed by atoms with Crippen molar-refractivity contribution in [3.63, 3.8) is 0 Å². The van der Waals surface area contributed by atoms with Gasteiger partial charge in [0.1, 0.15) is 6.04 Å². The number of methoxy groups -OCH3 is 2. The predicted octanol–water partition coefficient (Wildman–Crippen LogP) is 3.57. The van der Waals surface area contributed by atoms with Gasteiger partial charge in [-0.3, -0.25) is 14.6 Å². The Bertz CT molecular complexity index is 942. The highest BCUT2D eigenvalue weighted by Gasteiger charge is 2.43. The summed E-state index contributed by atoms with van der Waals surface area (Å²) < 4.78 is 10.7. The van der Waals surface area contributed by atoms with Crippen LogP contribution >= 0.6 is 0 Å². The van der Waals surface area contributed by atoms with Crippen LogP contribution in [0.2, 0.25) is 0 Å². The van der Waals surface area contributed by atoms with E-state index in [0.29, 0.717) is 18.0 Å². The molecule has 1 aliphatic rings. The average Bonchev–Trinajstić information content (AvgIpc) is 2.93. The van der Waals surface area contributed by atoms with Crippen LogP contribution in [0.3, 0.4) is 0 Å². The van der Waals surface area contributed by atoms with Crippen LogP contribution in [0.4, 0.5) is 10.5 Å². The molecule has 2 aromatic carbocycles. The third-order valence-corrected chi connectivity index (χ3v) is 5.43. The van der Waals surface area contributed by atoms with Crippen molar-refractivity contribution in [3.8, 4) is 11.5 Å². The van der Waals surface area contributed by atoms with Crippen molar-refractivity contribution in [1.29, 1.82) is 0 Å². The molecule has 2 aromatic rings. The van der Waals surface area contributed by atoms with E-state index in [1.165, 1.54) is 4.90 Å². The van der Waals surface area contributed by atoms with Crippen molar-refractivity contribution in [2.24, 2.45) is 0 Å². The highest BCUT2D eigenvalue weighted by molar-refractivity contribution is 6.14. The number of amides is 3. The van der Waals surface area contributed by atoms with Gasteiger partial charge in [-0.05, 0) is 63.2 Å². The number of hydrogen-bond acceptors (Lipinski definition) is 5. The van der Waals surface area contributed by atoms with Crippen molar-refractivity contribution in [2.75, 3.05) is 32.8 Å². The smallest absolute Gasteiger partial charge is 0.333 e. The van der Waals surface area contributed by atoms with E-state index >= 15 is 0 Å². The van der Waals surface area contributed by atoms with Gasteiger partial charge in [0.25, 0.3) is 5.91 Å². The third kappa shape index (κ3) is 4.11. The Balaban J connectivity index is 1.75. The van der Waals surface area contributed by atoms with Gasteiger partial charge in [0.15, 0.2) is 11.5 Å². The van der Waals surface area contributed by atoms with E-state index in [0.717, 1.165) is 22.4 Å². The highest BCUT2D eigenvalue weighted by Crippen LogP contribution is 2.31. The Kier molecular flexibility index (Phi) is 6.31. The molecule has 0 spiro atoms. The summed E-state index contributed by atoms with van der Waals surface area (Å²) in [5.41, 5.74) is 3.92. The van der Waals surface area contributed by atoms with Gasteiger partial charge in [0, 0.05) is 12.2 Å². The first kappa shape index (κ1) is 21.6. The zero-order chi connectivity index (χ0) is 22.0. The largest absolute Gasteiger partial charge is 0.493 e. The minimum absolute atomic E-state index is 0.198. The molecule has 1 atom stereocenters. The zero-order valence-corrected chi connectivity index (χ0v) is 18.4. The quantitative estimate of drug-likeness (QED) is 0.652. The van der Waals surface area contributed by atoms with E-state index in [2.05, 4.69) is 0 Å². The number of anilines is 1. The van der Waals surface area contributed by atoms with E-state index in [1.54, 1.807) is 26.0 Å². The van der Waals surface area contributed by atoms with Gasteiger partial charge < -0.3 is 9.47 Å². The SMILES string of the molecule is COc1cc(C)c(CN(C)CN2C(=O)[C@@H](C)N(c3ccc(C)cc3)C2=O)cc1OC. The van der Waals surface area contributed by atoms with Crippen LogP contribution in [0.25, 0.3) is 0 Å². The number of aryl methyl sites for hydroxylation is 2. The fraction of sp³-hybridized carbons (Fsp3) is 0.391. The van der Waals surface area contributed by atoms with Gasteiger partial charge in [0.2, 0.25) is 0 Å². The highest BCUT2D eigenvalue weighted by atomic mass is 16.5. The van der Waals surface area contributed by atoms with Gasteiger partial charge >= 0.3 is 6.03 Å². The molecule has 160 valence electrons. The van der Waals surface area contributed by atoms with Crippen molar-refractivity contribution in [1.82, 2.24) is 9.80 Å². The zero-order valence-electron chi connectivity index (χ0n) is 18.4. The van der Waals surface area contributed by atoms with Crippen LogP contribution in [0.15, 0.2) is 36.4 Å². The first-order valence-corrected chi connectivity index (χ1v) is 9.88. The summed E-state index contributed by atoms with van der Waals surface area (Å²) in [6, 6.07) is 10.6. The molecule has 30 heavy (non-hydrogen) atoms. The van der Waals surface area contributed by atoms with Crippen molar-refractivity contribution in [3.05, 3.63) is 53.1 Å². The summed E-state index contributed by atoms with van der Waals surface area (Å²) in [7, 11) is 5.09. The first-order valence-electron chi connectivity index (χ1n) is 9.88. The third-order valence-electron chi connectivity index (χ3n) is 5.43. The monoisotopic (exact) mass is 411 g/mol. The van der Waals surface area contributed by atoms with Crippen molar-refractivity contribution in [2.45, 2.75) is 33.4 Å². The number of benzene rings is 2. The summed E-state index contributed by atoms with van der Waals surface area (Å²) in [6.07, 6.45) is 0. The van der Waals surface area contributed by atoms with Gasteiger partial charge in [0.05, 0.1) is 20.9 Å². The van der Waals surface area contributed by atoms with Crippen LogP contribution < -0.4 is 14.4 Å². The topological polar surface area (TPSA) is 62.3 Å². The molecule has 7 heteroatoms. The second-order valence-corrected chi connectivity index (χ2v) is 7.72. The summed E-state index contributed by atoms with van der Waals surface area (Å²) >= 11 is 0. The van der Waals surface area contributed by atoms with Crippen molar-refractivity contribution < 1.29 is 19.1 Å². The predicted molar refractivity (Wildman–Crippen MR) is 116 cm³/mol. The molecule has 0 bridgehead atoms. The number of nitrogens with zero attached hydrogens (tertiary/aromatic N) is 3. The molecule has 0 aliphatic carbocycles. The van der Waals surface area contributed by atoms with Gasteiger partial charge in [-0.15, -0.1) is 0 Å². The maximum absolute atomic E-state index is 13.0. The maximum Gasteiger partial charge on any atom is 0.333 e. The average molecular weight is 412 g/mol. The second-order valence-electron chi connectivity index (χ2n) is 7.72. The number of rotatable bonds is 7. The van der Waals surface area contributed by atoms with Crippen LogP contribution in [0, 0.1) is 13.8 Å². The van der Waals surface area contributed by atoms with E-state index in [9.17, 15) is 9.59 Å². The molecular formula is C23H29N3O4. The molecule has 0 N–H and O–H groups in total. The standard InChI is InChI=1S/C23H29N3O4/c1-15-7-9-19(10-8-15)26-17(3)22(27)25(23(26)28)14-24(4)13-18-12-21(30-6)20(29-5)11-16(18)2/h7-12,17H,13-14H2,1-6H3/t17-/m1/s1. The van der Waals surface area contributed by atoms with Gasteiger partial charge in [-0.25, -0.2) is 9.69 Å². The second kappa shape index (κ2) is 8.75. The Labute approximate surface area is 177 Å². The van der Waals surface area contributed by atoms with Crippen LogP contribution in [0.1, 0.15) is 23.6 Å². The van der Waals surface area contributed by atoms with E-state index in [1.807, 2.05) is 62.2 Å². The molecule has 3 amide bonds. The number of urea groups is 1. The summed E-state index contributed by atoms with van der Waals surface area (Å²) in [5, 5.41) is 0. The molecule has 0 aromatic heterocycles. The van der Waals surface area contributed by atoms with E-state index < -0.39 is 6.04 Å². The van der Waals surface area contributed by atoms with E-state index in [4.69, 9.17) is 9.47 Å². The molecule has 3 rings (SSSR count). The molecule has 0 unspecified atom stereocenters. The summed E-state index contributed by atoms with van der Waals surface area (Å²) in [6.45, 7) is 6.51. The Morgan fingerprint density at radius 1 is 1.00 bits per heavy atom. The summed E-state index contributed by atoms with van der Waals surface area (Å²) in [4.78, 5) is 30.6. The Morgan fingerprint density at radius 3 is 2.20 bits per heavy atom. The molecule has 0 saturated carbocycles. The molecule has 1 fully saturated rings. The maximum atomic E-state index is 13.0. The number of ether oxygens (including phenoxy) is 2. The Hall–Kier alpha value is -3.06. The number of hydrogen-bond donors (Lipinski definition) is 0. The molecule has 1 heterocycles. The molecule has 1 saturated heterocycles. The minimum Gasteiger partial charge on any atom is -0.493 e. The number of imide groups is 1. The lowest BCUT2D eigenvalue weighted by Crippen LogP contribution is -2.40. The molecular weight excluding hydrogens is 382 g/mol. The van der Waals surface area contributed by atoms with Crippen molar-refractivity contribution >= 4 is 17.6 Å². The number of carbonyl (C=O) groups excluding carboxylic acids is 2. The van der Waals surface area contributed by atoms with Gasteiger partial charge in [-0.1, -0.05) is 17.7 Å². The van der Waals surface area contributed by atoms with Gasteiger partial charge in [-0.2, -0.15) is 0 Å². The fourth-order valence-electron chi connectivity index (χ4n) is 3.67. The van der Waals surface area contributed by atoms with E-state index in [-0.39, 0.29) is 18.6 Å². The summed E-state index contributed by atoms with van der Waals surface area (Å²) in [5.74, 6) is 1.13. The van der Waals surface area contributed by atoms with Crippen LogP contribution in [0.5, 0.6) is 11.5 Å². The minimum atomic E-state index is -0.531. The molecule has 0 radical (unpaired) electrons. The molecule has 7 nitrogen and oxygen atoms in total.